The Balaban J connectivity index is 1.55. The molecule has 156 valence electrons. The van der Waals surface area contributed by atoms with Crippen LogP contribution in [0.2, 0.25) is 0 Å². The third-order valence-corrected chi connectivity index (χ3v) is 5.74. The highest BCUT2D eigenvalue weighted by molar-refractivity contribution is 5.44. The minimum atomic E-state index is -0.732. The van der Waals surface area contributed by atoms with Crippen LogP contribution < -0.4 is 14.8 Å². The van der Waals surface area contributed by atoms with Gasteiger partial charge in [0.15, 0.2) is 11.5 Å². The molecule has 0 amide bonds. The minimum Gasteiger partial charge on any atom is -0.486 e. The van der Waals surface area contributed by atoms with E-state index in [9.17, 15) is 10.2 Å². The van der Waals surface area contributed by atoms with Crippen molar-refractivity contribution in [3.8, 4) is 11.5 Å². The van der Waals surface area contributed by atoms with E-state index in [-0.39, 0.29) is 18.7 Å². The number of aliphatic hydroxyl groups is 2. The number of hydrogen-bond acceptors (Lipinski definition) is 6. The summed E-state index contributed by atoms with van der Waals surface area (Å²) in [7, 11) is 0. The highest BCUT2D eigenvalue weighted by atomic mass is 16.6. The van der Waals surface area contributed by atoms with E-state index in [1.165, 1.54) is 12.8 Å². The summed E-state index contributed by atoms with van der Waals surface area (Å²) >= 11 is 0. The van der Waals surface area contributed by atoms with Gasteiger partial charge in [0, 0.05) is 6.54 Å². The molecule has 2 aliphatic rings. The van der Waals surface area contributed by atoms with Gasteiger partial charge in [0.25, 0.3) is 0 Å². The highest BCUT2D eigenvalue weighted by Crippen LogP contribution is 2.34. The van der Waals surface area contributed by atoms with Crippen LogP contribution in [-0.2, 0) is 0 Å². The van der Waals surface area contributed by atoms with Gasteiger partial charge >= 0.3 is 0 Å². The number of nitrogens with one attached hydrogen (secondary N) is 1. The number of hydrogen-bond donors (Lipinski definition) is 3. The van der Waals surface area contributed by atoms with Crippen molar-refractivity contribution in [2.24, 2.45) is 0 Å². The van der Waals surface area contributed by atoms with Gasteiger partial charge in [-0.05, 0) is 49.2 Å². The third-order valence-electron chi connectivity index (χ3n) is 5.74. The zero-order valence-corrected chi connectivity index (χ0v) is 16.7. The molecule has 3 N–H and O–H groups in total. The summed E-state index contributed by atoms with van der Waals surface area (Å²) in [6.07, 6.45) is 1.65. The summed E-state index contributed by atoms with van der Waals surface area (Å²) in [5.41, 5.74) is 1.80. The summed E-state index contributed by atoms with van der Waals surface area (Å²) in [6.45, 7) is 3.83. The monoisotopic (exact) mass is 398 g/mol. The molecule has 0 bridgehead atoms. The molecule has 2 aromatic carbocycles. The Labute approximate surface area is 172 Å². The second kappa shape index (κ2) is 9.59. The van der Waals surface area contributed by atoms with Crippen LogP contribution in [0.15, 0.2) is 48.5 Å². The van der Waals surface area contributed by atoms with E-state index in [0.717, 1.165) is 30.8 Å². The van der Waals surface area contributed by atoms with Crippen LogP contribution in [0.1, 0.15) is 36.1 Å². The van der Waals surface area contributed by atoms with Crippen LogP contribution in [-0.4, -0.2) is 60.6 Å². The third kappa shape index (κ3) is 4.90. The maximum Gasteiger partial charge on any atom is 0.161 e. The number of ether oxygens (including phenoxy) is 2. The van der Waals surface area contributed by atoms with E-state index in [4.69, 9.17) is 9.47 Å². The lowest BCUT2D eigenvalue weighted by atomic mass is 9.98. The first kappa shape index (κ1) is 20.2. The van der Waals surface area contributed by atoms with E-state index < -0.39 is 6.10 Å². The molecule has 1 fully saturated rings. The average Bonchev–Trinajstić information content (AvgIpc) is 3.29. The fourth-order valence-corrected chi connectivity index (χ4v) is 4.16. The second-order valence-electron chi connectivity index (χ2n) is 7.77. The Kier molecular flexibility index (Phi) is 6.67. The van der Waals surface area contributed by atoms with Gasteiger partial charge in [-0.2, -0.15) is 0 Å². The van der Waals surface area contributed by atoms with Crippen molar-refractivity contribution >= 4 is 0 Å². The molecule has 3 atom stereocenters. The zero-order valence-electron chi connectivity index (χ0n) is 16.7. The van der Waals surface area contributed by atoms with Gasteiger partial charge in [0.2, 0.25) is 0 Å². The largest absolute Gasteiger partial charge is 0.486 e. The lowest BCUT2D eigenvalue weighted by Gasteiger charge is -2.32. The SMILES string of the molecule is OC[C@@H](N[C@H](CN1CCCC1)[C@H](O)c1ccc2c(c1)OCCO2)c1ccccc1. The van der Waals surface area contributed by atoms with E-state index in [2.05, 4.69) is 10.2 Å². The summed E-state index contributed by atoms with van der Waals surface area (Å²) in [5.74, 6) is 1.39. The fraction of sp³-hybridized carbons (Fsp3) is 0.478. The summed E-state index contributed by atoms with van der Waals surface area (Å²) in [5, 5.41) is 24.8. The van der Waals surface area contributed by atoms with Gasteiger partial charge in [-0.25, -0.2) is 0 Å². The van der Waals surface area contributed by atoms with Crippen molar-refractivity contribution in [2.45, 2.75) is 31.0 Å². The first-order chi connectivity index (χ1) is 14.2. The summed E-state index contributed by atoms with van der Waals surface area (Å²) in [4.78, 5) is 2.37. The number of rotatable bonds is 8. The molecule has 2 aliphatic heterocycles. The lowest BCUT2D eigenvalue weighted by molar-refractivity contribution is 0.0908. The smallest absolute Gasteiger partial charge is 0.161 e. The van der Waals surface area contributed by atoms with E-state index in [0.29, 0.717) is 24.7 Å². The van der Waals surface area contributed by atoms with Crippen LogP contribution in [0.5, 0.6) is 11.5 Å². The second-order valence-corrected chi connectivity index (χ2v) is 7.77. The maximum absolute atomic E-state index is 11.3. The molecule has 0 aromatic heterocycles. The molecule has 2 aromatic rings. The van der Waals surface area contributed by atoms with Gasteiger partial charge in [-0.3, -0.25) is 0 Å². The first-order valence-corrected chi connectivity index (χ1v) is 10.5. The Morgan fingerprint density at radius 1 is 0.931 bits per heavy atom. The molecule has 0 saturated carbocycles. The van der Waals surface area contributed by atoms with E-state index in [1.54, 1.807) is 0 Å². The number of fused-ring (bicyclic) bond motifs is 1. The fourth-order valence-electron chi connectivity index (χ4n) is 4.16. The van der Waals surface area contributed by atoms with Crippen molar-refractivity contribution in [2.75, 3.05) is 39.5 Å². The van der Waals surface area contributed by atoms with Crippen molar-refractivity contribution in [3.63, 3.8) is 0 Å². The number of likely N-dealkylation sites (tertiary alicyclic amines) is 1. The molecule has 0 spiro atoms. The van der Waals surface area contributed by atoms with Crippen LogP contribution in [0, 0.1) is 0 Å². The standard InChI is InChI=1S/C23H30N2O4/c26-16-20(17-6-2-1-3-7-17)24-19(15-25-10-4-5-11-25)23(27)18-8-9-21-22(14-18)29-13-12-28-21/h1-3,6-9,14,19-20,23-24,26-27H,4-5,10-13,15-16H2/t19-,20-,23-/m1/s1. The number of benzene rings is 2. The number of nitrogens with zero attached hydrogens (tertiary/aromatic N) is 1. The molecule has 29 heavy (non-hydrogen) atoms. The van der Waals surface area contributed by atoms with Gasteiger partial charge in [-0.1, -0.05) is 36.4 Å². The zero-order chi connectivity index (χ0) is 20.1. The van der Waals surface area contributed by atoms with Crippen molar-refractivity contribution in [1.82, 2.24) is 10.2 Å². The predicted molar refractivity (Wildman–Crippen MR) is 111 cm³/mol. The van der Waals surface area contributed by atoms with Crippen molar-refractivity contribution < 1.29 is 19.7 Å². The topological polar surface area (TPSA) is 74.2 Å². The van der Waals surface area contributed by atoms with Crippen molar-refractivity contribution in [3.05, 3.63) is 59.7 Å². The predicted octanol–water partition coefficient (Wildman–Crippen LogP) is 2.28. The van der Waals surface area contributed by atoms with Crippen molar-refractivity contribution in [1.29, 1.82) is 0 Å². The lowest BCUT2D eigenvalue weighted by Crippen LogP contribution is -2.46. The first-order valence-electron chi connectivity index (χ1n) is 10.5. The molecule has 0 aliphatic carbocycles. The number of aliphatic hydroxyl groups excluding tert-OH is 2. The van der Waals surface area contributed by atoms with Gasteiger partial charge in [-0.15, -0.1) is 0 Å². The Hall–Kier alpha value is -2.12. The molecule has 2 heterocycles. The summed E-state index contributed by atoms with van der Waals surface area (Å²) < 4.78 is 11.3. The molecule has 1 saturated heterocycles. The normalized spacial score (nSPS) is 19.7. The van der Waals surface area contributed by atoms with E-state index in [1.807, 2.05) is 48.5 Å². The molecule has 0 radical (unpaired) electrons. The molecule has 0 unspecified atom stereocenters. The molecule has 6 nitrogen and oxygen atoms in total. The summed E-state index contributed by atoms with van der Waals surface area (Å²) in [6, 6.07) is 15.0. The quantitative estimate of drug-likeness (QED) is 0.634. The average molecular weight is 399 g/mol. The van der Waals surface area contributed by atoms with Crippen LogP contribution in [0.3, 0.4) is 0 Å². The van der Waals surface area contributed by atoms with Gasteiger partial charge in [0.05, 0.1) is 24.8 Å². The minimum absolute atomic E-state index is 0.0334. The molecule has 4 rings (SSSR count). The van der Waals surface area contributed by atoms with E-state index >= 15 is 0 Å². The van der Waals surface area contributed by atoms with Gasteiger partial charge < -0.3 is 29.9 Å². The Morgan fingerprint density at radius 2 is 1.66 bits per heavy atom. The van der Waals surface area contributed by atoms with Crippen LogP contribution >= 0.6 is 0 Å². The molecular formula is C23H30N2O4. The Morgan fingerprint density at radius 3 is 2.38 bits per heavy atom. The molecule has 6 heteroatoms. The highest BCUT2D eigenvalue weighted by Gasteiger charge is 2.28. The van der Waals surface area contributed by atoms with Crippen LogP contribution in [0.25, 0.3) is 0 Å². The maximum atomic E-state index is 11.3. The van der Waals surface area contributed by atoms with Crippen LogP contribution in [0.4, 0.5) is 0 Å². The molecular weight excluding hydrogens is 368 g/mol. The van der Waals surface area contributed by atoms with Gasteiger partial charge in [0.1, 0.15) is 13.2 Å². The Bertz CT molecular complexity index is 780.